The smallest absolute Gasteiger partial charge is 0.318 e. The highest BCUT2D eigenvalue weighted by atomic mass is 16.4. The van der Waals surface area contributed by atoms with Gasteiger partial charge in [-0.2, -0.15) is 0 Å². The predicted octanol–water partition coefficient (Wildman–Crippen LogP) is 1.37. The molecule has 6 heteroatoms. The van der Waals surface area contributed by atoms with Crippen molar-refractivity contribution in [2.75, 3.05) is 26.7 Å². The Labute approximate surface area is 121 Å². The molecule has 1 unspecified atom stereocenters. The maximum Gasteiger partial charge on any atom is 0.318 e. The van der Waals surface area contributed by atoms with E-state index in [9.17, 15) is 9.59 Å². The van der Waals surface area contributed by atoms with Crippen molar-refractivity contribution in [1.29, 1.82) is 0 Å². The minimum Gasteiger partial charge on any atom is -0.481 e. The first-order chi connectivity index (χ1) is 9.20. The summed E-state index contributed by atoms with van der Waals surface area (Å²) < 4.78 is 0. The van der Waals surface area contributed by atoms with Crippen molar-refractivity contribution >= 4 is 12.0 Å². The molecule has 2 N–H and O–H groups in total. The standard InChI is InChI=1S/C14H27N3O3/c1-14(2,3)17(9-7-12(18)19)13(20)15-11-6-5-8-16(4)10-11/h11H,5-10H2,1-4H3,(H,15,20)(H,18,19). The summed E-state index contributed by atoms with van der Waals surface area (Å²) in [7, 11) is 2.05. The third-order valence-corrected chi connectivity index (χ3v) is 3.56. The fourth-order valence-corrected chi connectivity index (χ4v) is 2.49. The van der Waals surface area contributed by atoms with Gasteiger partial charge < -0.3 is 20.2 Å². The SMILES string of the molecule is CN1CCCC(NC(=O)N(CCC(=O)O)C(C)(C)C)C1. The van der Waals surface area contributed by atoms with E-state index in [1.165, 1.54) is 0 Å². The lowest BCUT2D eigenvalue weighted by atomic mass is 10.0. The summed E-state index contributed by atoms with van der Waals surface area (Å²) in [5, 5.41) is 11.8. The van der Waals surface area contributed by atoms with Crippen LogP contribution in [0, 0.1) is 0 Å². The Morgan fingerprint density at radius 2 is 2.05 bits per heavy atom. The Balaban J connectivity index is 2.60. The Hall–Kier alpha value is -1.30. The number of urea groups is 1. The molecule has 116 valence electrons. The van der Waals surface area contributed by atoms with Gasteiger partial charge in [0.1, 0.15) is 0 Å². The maximum absolute atomic E-state index is 12.4. The van der Waals surface area contributed by atoms with Gasteiger partial charge in [-0.25, -0.2) is 4.79 Å². The fourth-order valence-electron chi connectivity index (χ4n) is 2.49. The normalized spacial score (nSPS) is 20.5. The highest BCUT2D eigenvalue weighted by molar-refractivity contribution is 5.76. The van der Waals surface area contributed by atoms with Gasteiger partial charge in [0, 0.05) is 24.7 Å². The second-order valence-electron chi connectivity index (χ2n) is 6.52. The summed E-state index contributed by atoms with van der Waals surface area (Å²) in [5.41, 5.74) is -0.389. The zero-order valence-electron chi connectivity index (χ0n) is 13.0. The number of amides is 2. The number of carboxylic acids is 1. The first-order valence-electron chi connectivity index (χ1n) is 7.18. The lowest BCUT2D eigenvalue weighted by Gasteiger charge is -2.38. The van der Waals surface area contributed by atoms with Crippen LogP contribution in [0.4, 0.5) is 4.79 Å². The van der Waals surface area contributed by atoms with E-state index < -0.39 is 5.97 Å². The van der Waals surface area contributed by atoms with Crippen LogP contribution >= 0.6 is 0 Å². The fraction of sp³-hybridized carbons (Fsp3) is 0.857. The van der Waals surface area contributed by atoms with Gasteiger partial charge in [-0.05, 0) is 47.2 Å². The highest BCUT2D eigenvalue weighted by Crippen LogP contribution is 2.15. The molecule has 1 atom stereocenters. The largest absolute Gasteiger partial charge is 0.481 e. The van der Waals surface area contributed by atoms with E-state index in [2.05, 4.69) is 10.2 Å². The molecule has 0 saturated carbocycles. The number of hydrogen-bond donors (Lipinski definition) is 2. The van der Waals surface area contributed by atoms with Crippen LogP contribution in [0.1, 0.15) is 40.0 Å². The third kappa shape index (κ3) is 5.36. The van der Waals surface area contributed by atoms with Crippen LogP contribution in [0.3, 0.4) is 0 Å². The number of carboxylic acid groups (broad SMARTS) is 1. The molecule has 1 aliphatic heterocycles. The quantitative estimate of drug-likeness (QED) is 0.818. The molecule has 2 amide bonds. The molecule has 0 aromatic carbocycles. The Kier molecular flexibility index (Phi) is 5.80. The highest BCUT2D eigenvalue weighted by Gasteiger charge is 2.29. The topological polar surface area (TPSA) is 72.9 Å². The molecular formula is C14H27N3O3. The van der Waals surface area contributed by atoms with Gasteiger partial charge >= 0.3 is 12.0 Å². The number of likely N-dealkylation sites (tertiary alicyclic amines) is 1. The molecule has 0 spiro atoms. The summed E-state index contributed by atoms with van der Waals surface area (Å²) in [5.74, 6) is -0.885. The van der Waals surface area contributed by atoms with Crippen LogP contribution in [-0.4, -0.2) is 65.2 Å². The van der Waals surface area contributed by atoms with Crippen LogP contribution in [-0.2, 0) is 4.79 Å². The van der Waals surface area contributed by atoms with Crippen molar-refractivity contribution in [2.45, 2.75) is 51.6 Å². The molecule has 0 aromatic rings. The van der Waals surface area contributed by atoms with E-state index >= 15 is 0 Å². The molecular weight excluding hydrogens is 258 g/mol. The Morgan fingerprint density at radius 1 is 1.40 bits per heavy atom. The molecule has 1 saturated heterocycles. The van der Waals surface area contributed by atoms with Crippen molar-refractivity contribution in [2.24, 2.45) is 0 Å². The average molecular weight is 285 g/mol. The van der Waals surface area contributed by atoms with Gasteiger partial charge in [0.15, 0.2) is 0 Å². The number of rotatable bonds is 4. The summed E-state index contributed by atoms with van der Waals surface area (Å²) in [4.78, 5) is 26.9. The minimum absolute atomic E-state index is 0.0325. The summed E-state index contributed by atoms with van der Waals surface area (Å²) in [6.07, 6.45) is 2.02. The van der Waals surface area contributed by atoms with Crippen molar-refractivity contribution in [3.8, 4) is 0 Å². The summed E-state index contributed by atoms with van der Waals surface area (Å²) in [6, 6.07) is -0.0185. The molecule has 1 heterocycles. The zero-order valence-corrected chi connectivity index (χ0v) is 13.0. The number of hydrogen-bond acceptors (Lipinski definition) is 3. The molecule has 20 heavy (non-hydrogen) atoms. The second kappa shape index (κ2) is 6.92. The predicted molar refractivity (Wildman–Crippen MR) is 77.8 cm³/mol. The van der Waals surface area contributed by atoms with Gasteiger partial charge in [0.25, 0.3) is 0 Å². The Morgan fingerprint density at radius 3 is 2.55 bits per heavy atom. The molecule has 6 nitrogen and oxygen atoms in total. The molecule has 1 fully saturated rings. The molecule has 0 radical (unpaired) electrons. The molecule has 0 aromatic heterocycles. The van der Waals surface area contributed by atoms with Crippen LogP contribution in [0.2, 0.25) is 0 Å². The monoisotopic (exact) mass is 285 g/mol. The molecule has 1 rings (SSSR count). The number of carbonyl (C=O) groups is 2. The number of nitrogens with one attached hydrogen (secondary N) is 1. The molecule has 0 aliphatic carbocycles. The first kappa shape index (κ1) is 16.8. The number of nitrogens with zero attached hydrogens (tertiary/aromatic N) is 2. The maximum atomic E-state index is 12.4. The van der Waals surface area contributed by atoms with Crippen molar-refractivity contribution in [3.63, 3.8) is 0 Å². The van der Waals surface area contributed by atoms with Gasteiger partial charge in [-0.3, -0.25) is 4.79 Å². The number of aliphatic carboxylic acids is 1. The minimum atomic E-state index is -0.885. The third-order valence-electron chi connectivity index (χ3n) is 3.56. The van der Waals surface area contributed by atoms with Crippen LogP contribution in [0.15, 0.2) is 0 Å². The van der Waals surface area contributed by atoms with Gasteiger partial charge in [0.2, 0.25) is 0 Å². The first-order valence-corrected chi connectivity index (χ1v) is 7.18. The number of carbonyl (C=O) groups excluding carboxylic acids is 1. The summed E-state index contributed by atoms with van der Waals surface area (Å²) >= 11 is 0. The lowest BCUT2D eigenvalue weighted by molar-refractivity contribution is -0.137. The zero-order chi connectivity index (χ0) is 15.3. The Bertz CT molecular complexity index is 352. The van der Waals surface area contributed by atoms with Crippen molar-refractivity contribution < 1.29 is 14.7 Å². The van der Waals surface area contributed by atoms with Gasteiger partial charge in [-0.15, -0.1) is 0 Å². The second-order valence-corrected chi connectivity index (χ2v) is 6.52. The van der Waals surface area contributed by atoms with E-state index in [-0.39, 0.29) is 30.6 Å². The average Bonchev–Trinajstić information content (AvgIpc) is 2.26. The van der Waals surface area contributed by atoms with E-state index in [1.54, 1.807) is 4.90 Å². The van der Waals surface area contributed by atoms with Crippen LogP contribution in [0.5, 0.6) is 0 Å². The van der Waals surface area contributed by atoms with Crippen molar-refractivity contribution in [3.05, 3.63) is 0 Å². The molecule has 1 aliphatic rings. The van der Waals surface area contributed by atoms with Gasteiger partial charge in [-0.1, -0.05) is 0 Å². The summed E-state index contributed by atoms with van der Waals surface area (Å²) in [6.45, 7) is 7.90. The van der Waals surface area contributed by atoms with Crippen LogP contribution in [0.25, 0.3) is 0 Å². The number of likely N-dealkylation sites (N-methyl/N-ethyl adjacent to an activating group) is 1. The number of piperidine rings is 1. The van der Waals surface area contributed by atoms with Crippen LogP contribution < -0.4 is 5.32 Å². The molecule has 0 bridgehead atoms. The van der Waals surface area contributed by atoms with E-state index in [4.69, 9.17) is 5.11 Å². The van der Waals surface area contributed by atoms with E-state index in [1.807, 2.05) is 27.8 Å². The van der Waals surface area contributed by atoms with Gasteiger partial charge in [0.05, 0.1) is 6.42 Å². The lowest BCUT2D eigenvalue weighted by Crippen LogP contribution is -2.55. The van der Waals surface area contributed by atoms with Crippen molar-refractivity contribution in [1.82, 2.24) is 15.1 Å². The van der Waals surface area contributed by atoms with E-state index in [0.29, 0.717) is 0 Å². The van der Waals surface area contributed by atoms with E-state index in [0.717, 1.165) is 25.9 Å².